The quantitative estimate of drug-likeness (QED) is 0.503. The molecule has 0 heterocycles. The van der Waals surface area contributed by atoms with Gasteiger partial charge >= 0.3 is 19.5 Å². The van der Waals surface area contributed by atoms with E-state index in [0.29, 0.717) is 0 Å². The normalized spacial score (nSPS) is 0. The van der Waals surface area contributed by atoms with Crippen LogP contribution < -0.4 is 0 Å². The molecule has 0 aromatic heterocycles. The molecule has 0 bridgehead atoms. The second-order valence-electron chi connectivity index (χ2n) is 0. The standard InChI is InChI=1S/4H2N.H2O.Rh.H/h5*1H2;;/q4*-1;;+2;. The molecular weight excluding hydrogens is 175 g/mol. The second-order valence-corrected chi connectivity index (χ2v) is 0. The van der Waals surface area contributed by atoms with Crippen LogP contribution in [0.4, 0.5) is 0 Å². The van der Waals surface area contributed by atoms with Crippen molar-refractivity contribution in [1.82, 2.24) is 0 Å². The summed E-state index contributed by atoms with van der Waals surface area (Å²) in [7, 11) is 0. The van der Waals surface area contributed by atoms with E-state index in [1.165, 1.54) is 0 Å². The van der Waals surface area contributed by atoms with Crippen LogP contribution in [0.15, 0.2) is 0 Å². The van der Waals surface area contributed by atoms with E-state index in [2.05, 4.69) is 0 Å². The molecule has 0 atom stereocenters. The number of hydrogen-bond donors (Lipinski definition) is 0. The average molecular weight is 186 g/mol. The van der Waals surface area contributed by atoms with Gasteiger partial charge in [-0.25, -0.2) is 0 Å². The molecule has 6 heavy (non-hydrogen) atoms. The molecule has 10 N–H and O–H groups in total. The predicted octanol–water partition coefficient (Wildman–Crippen LogP) is 1.77. The molecule has 5 nitrogen and oxygen atoms in total. The molecule has 0 aliphatic rings. The molecule has 0 saturated heterocycles. The van der Waals surface area contributed by atoms with Crippen LogP contribution in [0, 0.1) is 0 Å². The molecule has 0 amide bonds. The fourth-order valence-corrected chi connectivity index (χ4v) is 0. The fourth-order valence-electron chi connectivity index (χ4n) is 0. The van der Waals surface area contributed by atoms with E-state index in [9.17, 15) is 0 Å². The summed E-state index contributed by atoms with van der Waals surface area (Å²) < 4.78 is 0. The maximum atomic E-state index is 0. The zero-order valence-corrected chi connectivity index (χ0v) is 4.90. The van der Waals surface area contributed by atoms with Crippen LogP contribution in [0.5, 0.6) is 0 Å². The molecule has 0 aliphatic carbocycles. The Labute approximate surface area is 50.3 Å². The van der Waals surface area contributed by atoms with E-state index >= 15 is 0 Å². The van der Waals surface area contributed by atoms with Crippen LogP contribution in [-0.2, 0) is 19.5 Å². The van der Waals surface area contributed by atoms with Crippen LogP contribution in [0.3, 0.4) is 0 Å². The molecule has 0 fully saturated rings. The molecule has 0 aromatic carbocycles. The Hall–Kier alpha value is 0.423. The van der Waals surface area contributed by atoms with E-state index < -0.39 is 0 Å². The molecule has 0 rings (SSSR count). The monoisotopic (exact) mass is 186 g/mol. The van der Waals surface area contributed by atoms with Gasteiger partial charge in [0.05, 0.1) is 0 Å². The van der Waals surface area contributed by atoms with Crippen molar-refractivity contribution in [3.63, 3.8) is 0 Å². The Morgan fingerprint density at radius 3 is 0.500 bits per heavy atom. The van der Waals surface area contributed by atoms with E-state index in [4.69, 9.17) is 0 Å². The van der Waals surface area contributed by atoms with Crippen LogP contribution in [0.25, 0.3) is 24.6 Å². The molecule has 0 aromatic rings. The molecule has 6 heteroatoms. The third-order valence-electron chi connectivity index (χ3n) is 0. The van der Waals surface area contributed by atoms with E-state index in [1.807, 2.05) is 0 Å². The van der Waals surface area contributed by atoms with Crippen LogP contribution >= 0.6 is 0 Å². The van der Waals surface area contributed by atoms with Crippen LogP contribution in [-0.4, -0.2) is 5.48 Å². The zero-order valence-electron chi connectivity index (χ0n) is 3.16. The maximum absolute atomic E-state index is 0. The van der Waals surface area contributed by atoms with Gasteiger partial charge in [0, 0.05) is 0 Å². The topological polar surface area (TPSA) is 166 Å². The molecule has 1 radical (unpaired) electrons. The number of nitrogens with two attached hydrogens (primary N) is 4. The van der Waals surface area contributed by atoms with E-state index in [1.54, 1.807) is 0 Å². The SMILES string of the molecule is O.[NH2-].[NH2-].[NH2-].[NH2-].[RhH+2]. The van der Waals surface area contributed by atoms with Gasteiger partial charge in [-0.3, -0.25) is 0 Å². The van der Waals surface area contributed by atoms with Gasteiger partial charge in [0.1, 0.15) is 0 Å². The van der Waals surface area contributed by atoms with Gasteiger partial charge in [-0.2, -0.15) is 0 Å². The summed E-state index contributed by atoms with van der Waals surface area (Å²) in [4.78, 5) is 0. The van der Waals surface area contributed by atoms with Crippen molar-refractivity contribution in [2.45, 2.75) is 0 Å². The first-order valence-electron chi connectivity index (χ1n) is 0. The molecular formula is H11N4ORh-2. The van der Waals surface area contributed by atoms with Crippen LogP contribution in [0.2, 0.25) is 0 Å². The number of rotatable bonds is 0. The Bertz CT molecular complexity index is 7.51. The van der Waals surface area contributed by atoms with Crippen molar-refractivity contribution >= 4 is 0 Å². The summed E-state index contributed by atoms with van der Waals surface area (Å²) in [6, 6.07) is 0. The van der Waals surface area contributed by atoms with Gasteiger partial charge in [0.15, 0.2) is 0 Å². The zero-order chi connectivity index (χ0) is 0. The summed E-state index contributed by atoms with van der Waals surface area (Å²) >= 11 is 0. The fraction of sp³-hybridized carbons (Fsp3) is 0. The Kier molecular flexibility index (Phi) is 104000. The van der Waals surface area contributed by atoms with Gasteiger partial charge in [-0.15, -0.1) is 0 Å². The first-order chi connectivity index (χ1) is 0. The molecule has 48 valence electrons. The van der Waals surface area contributed by atoms with E-state index in [-0.39, 0.29) is 49.6 Å². The van der Waals surface area contributed by atoms with E-state index in [0.717, 1.165) is 0 Å². The second kappa shape index (κ2) is 592. The van der Waals surface area contributed by atoms with Crippen molar-refractivity contribution in [2.75, 3.05) is 0 Å². The average Bonchev–Trinajstić information content (AvgIpc) is 0. The first kappa shape index (κ1) is 1050. The third-order valence-corrected chi connectivity index (χ3v) is 0. The van der Waals surface area contributed by atoms with Gasteiger partial charge in [0.2, 0.25) is 0 Å². The van der Waals surface area contributed by atoms with Crippen molar-refractivity contribution in [2.24, 2.45) is 0 Å². The summed E-state index contributed by atoms with van der Waals surface area (Å²) in [5, 5.41) is 0. The van der Waals surface area contributed by atoms with Gasteiger partial charge in [-0.1, -0.05) is 0 Å². The summed E-state index contributed by atoms with van der Waals surface area (Å²) in [6.07, 6.45) is 0. The number of hydrogen-bond acceptors (Lipinski definition) is 0. The first-order valence-corrected chi connectivity index (χ1v) is 0. The van der Waals surface area contributed by atoms with Crippen molar-refractivity contribution in [1.29, 1.82) is 0 Å². The summed E-state index contributed by atoms with van der Waals surface area (Å²) in [6.45, 7) is 0. The predicted molar refractivity (Wildman–Crippen MR) is 26.1 cm³/mol. The van der Waals surface area contributed by atoms with Gasteiger partial charge in [-0.05, 0) is 0 Å². The Morgan fingerprint density at radius 1 is 0.500 bits per heavy atom. The van der Waals surface area contributed by atoms with Crippen LogP contribution in [0.1, 0.15) is 0 Å². The molecule has 0 aliphatic heterocycles. The molecule has 0 saturated carbocycles. The summed E-state index contributed by atoms with van der Waals surface area (Å²) in [5.41, 5.74) is 0. The Balaban J connectivity index is 0. The Morgan fingerprint density at radius 2 is 0.500 bits per heavy atom. The van der Waals surface area contributed by atoms with Crippen molar-refractivity contribution < 1.29 is 25.0 Å². The summed E-state index contributed by atoms with van der Waals surface area (Å²) in [5.74, 6) is 0. The van der Waals surface area contributed by atoms with Crippen molar-refractivity contribution in [3.8, 4) is 0 Å². The molecule has 0 unspecified atom stereocenters. The third kappa shape index (κ3) is 289. The van der Waals surface area contributed by atoms with Gasteiger partial charge in [0.25, 0.3) is 0 Å². The van der Waals surface area contributed by atoms with Crippen molar-refractivity contribution in [3.05, 3.63) is 24.6 Å². The van der Waals surface area contributed by atoms with Gasteiger partial charge < -0.3 is 30.1 Å². The minimum absolute atomic E-state index is 0. The minimum atomic E-state index is 0. The molecule has 0 spiro atoms.